The Morgan fingerprint density at radius 1 is 1.07 bits per heavy atom. The van der Waals surface area contributed by atoms with Gasteiger partial charge in [-0.2, -0.15) is 0 Å². The maximum absolute atomic E-state index is 14.1. The summed E-state index contributed by atoms with van der Waals surface area (Å²) in [6.45, 7) is 6.14. The molecule has 0 bridgehead atoms. The fourth-order valence-corrected chi connectivity index (χ4v) is 7.69. The maximum atomic E-state index is 14.1. The van der Waals surface area contributed by atoms with E-state index in [0.29, 0.717) is 5.56 Å². The second kappa shape index (κ2) is 12.8. The van der Waals surface area contributed by atoms with Crippen LogP contribution in [0.2, 0.25) is 0 Å². The van der Waals surface area contributed by atoms with Crippen molar-refractivity contribution in [2.75, 3.05) is 45.5 Å². The largest absolute Gasteiger partial charge is 0.381 e. The van der Waals surface area contributed by atoms with Gasteiger partial charge in [0.2, 0.25) is 0 Å². The van der Waals surface area contributed by atoms with Crippen LogP contribution in [-0.4, -0.2) is 87.6 Å². The van der Waals surface area contributed by atoms with Crippen LogP contribution in [0.15, 0.2) is 30.6 Å². The zero-order valence-corrected chi connectivity index (χ0v) is 25.9. The molecule has 10 nitrogen and oxygen atoms in total. The number of nitrogens with two attached hydrogens (primary N) is 1. The Balaban J connectivity index is 1.34. The fourth-order valence-electron chi connectivity index (χ4n) is 7.69. The van der Waals surface area contributed by atoms with Crippen LogP contribution in [0, 0.1) is 12.7 Å². The molecule has 2 atom stereocenters. The van der Waals surface area contributed by atoms with Crippen LogP contribution in [0.1, 0.15) is 95.5 Å². The Morgan fingerprint density at radius 2 is 1.77 bits per heavy atom. The summed E-state index contributed by atoms with van der Waals surface area (Å²) >= 11 is 0. The van der Waals surface area contributed by atoms with Crippen molar-refractivity contribution < 1.29 is 14.0 Å². The minimum absolute atomic E-state index is 0.0207. The van der Waals surface area contributed by atoms with Gasteiger partial charge < -0.3 is 26.2 Å². The highest BCUT2D eigenvalue weighted by Gasteiger charge is 2.47. The molecule has 2 aromatic heterocycles. The Bertz CT molecular complexity index is 1500. The van der Waals surface area contributed by atoms with Crippen LogP contribution in [0.3, 0.4) is 0 Å². The van der Waals surface area contributed by atoms with Gasteiger partial charge in [0.15, 0.2) is 17.3 Å². The van der Waals surface area contributed by atoms with Gasteiger partial charge in [-0.3, -0.25) is 9.59 Å². The summed E-state index contributed by atoms with van der Waals surface area (Å²) in [4.78, 5) is 35.8. The molecule has 2 aliphatic heterocycles. The average molecular weight is 605 g/mol. The SMILES string of the molecule is Cc1cc(C(=O)N2CCN(C)CC2)ccc1C1CCNC2(CCCCCCCC2)C1NC(=O)c1c(N)nn2cc(F)cnc12. The molecule has 1 saturated carbocycles. The van der Waals surface area contributed by atoms with E-state index in [1.54, 1.807) is 0 Å². The molecule has 236 valence electrons. The number of hydrogen-bond acceptors (Lipinski definition) is 7. The summed E-state index contributed by atoms with van der Waals surface area (Å²) in [5.41, 5.74) is 9.24. The minimum atomic E-state index is -0.557. The van der Waals surface area contributed by atoms with Crippen molar-refractivity contribution in [2.45, 2.75) is 82.2 Å². The number of likely N-dealkylation sites (N-methyl/N-ethyl adjacent to an activating group) is 1. The van der Waals surface area contributed by atoms with Crippen LogP contribution in [0.25, 0.3) is 5.65 Å². The van der Waals surface area contributed by atoms with Crippen LogP contribution in [-0.2, 0) is 0 Å². The van der Waals surface area contributed by atoms with Crippen LogP contribution in [0.5, 0.6) is 0 Å². The van der Waals surface area contributed by atoms with E-state index >= 15 is 0 Å². The highest BCUT2D eigenvalue weighted by Crippen LogP contribution is 2.41. The number of halogens is 1. The summed E-state index contributed by atoms with van der Waals surface area (Å²) in [5, 5.41) is 11.5. The van der Waals surface area contributed by atoms with E-state index in [2.05, 4.69) is 45.7 Å². The standard InChI is InChI=1S/C33H45FN8O2/c1-22-19-23(32(44)41-17-15-40(2)16-18-41)9-10-25(22)26-11-14-37-33(12-7-5-3-4-6-8-13-33)28(26)38-31(43)27-29(35)39-42-21-24(34)20-36-30(27)42/h9-10,19-21,26,28,37H,3-8,11-18H2,1-2H3,(H2,35,39)(H,38,43). The van der Waals surface area contributed by atoms with Gasteiger partial charge in [0, 0.05) is 43.2 Å². The summed E-state index contributed by atoms with van der Waals surface area (Å²) < 4.78 is 15.1. The summed E-state index contributed by atoms with van der Waals surface area (Å²) in [5.74, 6) is -0.787. The molecule has 1 aliphatic carbocycles. The zero-order valence-electron chi connectivity index (χ0n) is 25.9. The number of carbonyl (C=O) groups is 2. The van der Waals surface area contributed by atoms with Crippen LogP contribution < -0.4 is 16.4 Å². The Labute approximate surface area is 258 Å². The van der Waals surface area contributed by atoms with Gasteiger partial charge in [-0.25, -0.2) is 13.9 Å². The molecule has 4 N–H and O–H groups in total. The molecule has 1 aromatic carbocycles. The molecule has 2 saturated heterocycles. The van der Waals surface area contributed by atoms with Crippen molar-refractivity contribution in [3.05, 3.63) is 58.7 Å². The van der Waals surface area contributed by atoms with Crippen molar-refractivity contribution in [2.24, 2.45) is 0 Å². The van der Waals surface area contributed by atoms with E-state index in [9.17, 15) is 14.0 Å². The Morgan fingerprint density at radius 3 is 2.48 bits per heavy atom. The number of aromatic nitrogens is 3. The Kier molecular flexibility index (Phi) is 8.87. The molecular weight excluding hydrogens is 559 g/mol. The van der Waals surface area contributed by atoms with Crippen molar-refractivity contribution in [3.63, 3.8) is 0 Å². The second-order valence-corrected chi connectivity index (χ2v) is 13.0. The monoisotopic (exact) mass is 604 g/mol. The number of piperidine rings is 1. The number of nitrogens with zero attached hydrogens (tertiary/aromatic N) is 5. The highest BCUT2D eigenvalue weighted by molar-refractivity contribution is 6.04. The number of hydrogen-bond donors (Lipinski definition) is 3. The van der Waals surface area contributed by atoms with Crippen molar-refractivity contribution >= 4 is 23.3 Å². The van der Waals surface area contributed by atoms with Gasteiger partial charge in [0.25, 0.3) is 11.8 Å². The predicted molar refractivity (Wildman–Crippen MR) is 168 cm³/mol. The fraction of sp³-hybridized carbons (Fsp3) is 0.576. The molecule has 2 unspecified atom stereocenters. The number of carbonyl (C=O) groups excluding carboxylic acids is 2. The number of piperazine rings is 1. The number of amides is 2. The number of nitrogens with one attached hydrogen (secondary N) is 2. The summed E-state index contributed by atoms with van der Waals surface area (Å²) in [7, 11) is 2.08. The van der Waals surface area contributed by atoms with Crippen molar-refractivity contribution in [3.8, 4) is 0 Å². The second-order valence-electron chi connectivity index (χ2n) is 13.0. The lowest BCUT2D eigenvalue weighted by Crippen LogP contribution is -2.66. The molecule has 1 spiro atoms. The summed E-state index contributed by atoms with van der Waals surface area (Å²) in [6, 6.07) is 5.86. The van der Waals surface area contributed by atoms with Crippen LogP contribution >= 0.6 is 0 Å². The molecule has 44 heavy (non-hydrogen) atoms. The van der Waals surface area contributed by atoms with E-state index in [1.807, 2.05) is 17.0 Å². The van der Waals surface area contributed by atoms with E-state index in [-0.39, 0.29) is 46.3 Å². The van der Waals surface area contributed by atoms with E-state index < -0.39 is 5.82 Å². The first-order valence-electron chi connectivity index (χ1n) is 16.2. The number of aryl methyl sites for hydroxylation is 1. The first kappa shape index (κ1) is 30.5. The number of rotatable bonds is 4. The van der Waals surface area contributed by atoms with E-state index in [0.717, 1.165) is 82.2 Å². The lowest BCUT2D eigenvalue weighted by atomic mass is 9.68. The molecule has 3 aromatic rings. The third-order valence-electron chi connectivity index (χ3n) is 10.1. The molecule has 0 radical (unpaired) electrons. The molecular formula is C33H45FN8O2. The zero-order chi connectivity index (χ0) is 30.8. The third kappa shape index (κ3) is 6.04. The molecule has 3 fully saturated rings. The number of benzene rings is 1. The van der Waals surface area contributed by atoms with Crippen molar-refractivity contribution in [1.82, 2.24) is 35.0 Å². The van der Waals surface area contributed by atoms with Gasteiger partial charge in [-0.05, 0) is 63.0 Å². The quantitative estimate of drug-likeness (QED) is 0.413. The smallest absolute Gasteiger partial charge is 0.259 e. The average Bonchev–Trinajstić information content (AvgIpc) is 3.39. The van der Waals surface area contributed by atoms with Gasteiger partial charge in [-0.15, -0.1) is 5.10 Å². The van der Waals surface area contributed by atoms with E-state index in [1.165, 1.54) is 36.4 Å². The Hall–Kier alpha value is -3.57. The van der Waals surface area contributed by atoms with Gasteiger partial charge >= 0.3 is 0 Å². The lowest BCUT2D eigenvalue weighted by Gasteiger charge is -2.50. The number of nitrogen functional groups attached to an aromatic ring is 1. The number of anilines is 1. The first-order valence-corrected chi connectivity index (χ1v) is 16.2. The minimum Gasteiger partial charge on any atom is -0.381 e. The number of fused-ring (bicyclic) bond motifs is 1. The molecule has 2 amide bonds. The first-order chi connectivity index (χ1) is 21.3. The van der Waals surface area contributed by atoms with Gasteiger partial charge in [0.05, 0.1) is 18.4 Å². The third-order valence-corrected chi connectivity index (χ3v) is 10.1. The maximum Gasteiger partial charge on any atom is 0.259 e. The molecule has 4 heterocycles. The topological polar surface area (TPSA) is 121 Å². The van der Waals surface area contributed by atoms with Gasteiger partial charge in [-0.1, -0.05) is 44.6 Å². The van der Waals surface area contributed by atoms with E-state index in [4.69, 9.17) is 5.73 Å². The normalized spacial score (nSPS) is 23.2. The van der Waals surface area contributed by atoms with Gasteiger partial charge in [0.1, 0.15) is 5.56 Å². The summed E-state index contributed by atoms with van der Waals surface area (Å²) in [6.07, 6.45) is 12.0. The lowest BCUT2D eigenvalue weighted by molar-refractivity contribution is 0.0664. The molecule has 6 rings (SSSR count). The molecule has 11 heteroatoms. The predicted octanol–water partition coefficient (Wildman–Crippen LogP) is 3.90. The van der Waals surface area contributed by atoms with Crippen LogP contribution in [0.4, 0.5) is 10.2 Å². The molecule has 3 aliphatic rings. The van der Waals surface area contributed by atoms with Crippen molar-refractivity contribution in [1.29, 1.82) is 0 Å². The highest BCUT2D eigenvalue weighted by atomic mass is 19.1.